The summed E-state index contributed by atoms with van der Waals surface area (Å²) in [5, 5.41) is 6.93. The highest BCUT2D eigenvalue weighted by Gasteiger charge is 1.93. The molecular formula is C20H32N2. The molecule has 0 unspecified atom stereocenters. The Labute approximate surface area is 136 Å². The largest absolute Gasteiger partial charge is 0.312 e. The van der Waals surface area contributed by atoms with Crippen molar-refractivity contribution in [1.82, 2.24) is 10.6 Å². The average molecular weight is 300 g/mol. The summed E-state index contributed by atoms with van der Waals surface area (Å²) in [6.07, 6.45) is 6.93. The summed E-state index contributed by atoms with van der Waals surface area (Å²) in [5.41, 5.74) is 5.56. The van der Waals surface area contributed by atoms with Crippen molar-refractivity contribution < 1.29 is 0 Å². The summed E-state index contributed by atoms with van der Waals surface area (Å²) in [5.74, 6) is 0. The van der Waals surface area contributed by atoms with Crippen LogP contribution in [0.2, 0.25) is 0 Å². The van der Waals surface area contributed by atoms with E-state index in [0.717, 1.165) is 32.6 Å². The third kappa shape index (κ3) is 9.54. The molecule has 0 heterocycles. The molecule has 1 aromatic carbocycles. The van der Waals surface area contributed by atoms with Gasteiger partial charge in [-0.3, -0.25) is 0 Å². The summed E-state index contributed by atoms with van der Waals surface area (Å²) < 4.78 is 0. The Balaban J connectivity index is 2.04. The molecule has 0 spiro atoms. The van der Waals surface area contributed by atoms with E-state index in [9.17, 15) is 0 Å². The zero-order chi connectivity index (χ0) is 16.2. The van der Waals surface area contributed by atoms with Crippen molar-refractivity contribution in [3.63, 3.8) is 0 Å². The standard InChI is InChI=1S/C20H32N2/c1-17(2)7-5-8-18(3)11-12-21-13-14-22-16-20-10-6-9-19(4)15-20/h6-7,9-11,15,21-22H,5,8,12-14,16H2,1-4H3/b18-11+. The summed E-state index contributed by atoms with van der Waals surface area (Å²) in [6.45, 7) is 12.6. The lowest BCUT2D eigenvalue weighted by Gasteiger charge is -2.06. The van der Waals surface area contributed by atoms with Gasteiger partial charge in [-0.1, -0.05) is 53.1 Å². The highest BCUT2D eigenvalue weighted by atomic mass is 14.9. The van der Waals surface area contributed by atoms with Gasteiger partial charge < -0.3 is 10.6 Å². The molecule has 2 N–H and O–H groups in total. The zero-order valence-electron chi connectivity index (χ0n) is 14.7. The second-order valence-corrected chi connectivity index (χ2v) is 6.24. The Morgan fingerprint density at radius 1 is 1.05 bits per heavy atom. The molecule has 2 heteroatoms. The number of nitrogens with one attached hydrogen (secondary N) is 2. The molecule has 0 aliphatic heterocycles. The number of aryl methyl sites for hydroxylation is 1. The van der Waals surface area contributed by atoms with E-state index in [4.69, 9.17) is 0 Å². The van der Waals surface area contributed by atoms with Crippen LogP contribution in [0.4, 0.5) is 0 Å². The predicted octanol–water partition coefficient (Wildman–Crippen LogP) is 4.37. The molecule has 22 heavy (non-hydrogen) atoms. The van der Waals surface area contributed by atoms with Crippen LogP contribution < -0.4 is 10.6 Å². The minimum atomic E-state index is 0.945. The molecule has 0 saturated heterocycles. The molecule has 0 amide bonds. The van der Waals surface area contributed by atoms with E-state index in [1.54, 1.807) is 0 Å². The highest BCUT2D eigenvalue weighted by Crippen LogP contribution is 2.05. The first kappa shape index (κ1) is 18.7. The minimum Gasteiger partial charge on any atom is -0.312 e. The maximum atomic E-state index is 3.47. The SMILES string of the molecule is CC(C)=CCC/C(C)=C/CNCCNCc1cccc(C)c1. The van der Waals surface area contributed by atoms with Crippen molar-refractivity contribution in [2.24, 2.45) is 0 Å². The van der Waals surface area contributed by atoms with Gasteiger partial charge in [-0.15, -0.1) is 0 Å². The molecule has 0 saturated carbocycles. The molecule has 0 aliphatic carbocycles. The summed E-state index contributed by atoms with van der Waals surface area (Å²) in [4.78, 5) is 0. The molecule has 1 rings (SSSR count). The molecule has 0 fully saturated rings. The summed E-state index contributed by atoms with van der Waals surface area (Å²) in [6, 6.07) is 8.66. The van der Waals surface area contributed by atoms with E-state index in [-0.39, 0.29) is 0 Å². The molecule has 0 bridgehead atoms. The number of hydrogen-bond acceptors (Lipinski definition) is 2. The van der Waals surface area contributed by atoms with Crippen molar-refractivity contribution in [3.05, 3.63) is 58.7 Å². The quantitative estimate of drug-likeness (QED) is 0.495. The fourth-order valence-corrected chi connectivity index (χ4v) is 2.27. The summed E-state index contributed by atoms with van der Waals surface area (Å²) >= 11 is 0. The van der Waals surface area contributed by atoms with E-state index < -0.39 is 0 Å². The van der Waals surface area contributed by atoms with Crippen LogP contribution in [0.1, 0.15) is 44.7 Å². The van der Waals surface area contributed by atoms with Crippen molar-refractivity contribution in [1.29, 1.82) is 0 Å². The molecule has 0 atom stereocenters. The van der Waals surface area contributed by atoms with Crippen molar-refractivity contribution in [2.75, 3.05) is 19.6 Å². The third-order valence-electron chi connectivity index (χ3n) is 3.58. The lowest BCUT2D eigenvalue weighted by atomic mass is 10.1. The maximum Gasteiger partial charge on any atom is 0.0206 e. The van der Waals surface area contributed by atoms with Gasteiger partial charge >= 0.3 is 0 Å². The van der Waals surface area contributed by atoms with Crippen molar-refractivity contribution in [2.45, 2.75) is 47.1 Å². The van der Waals surface area contributed by atoms with Gasteiger partial charge in [0.15, 0.2) is 0 Å². The minimum absolute atomic E-state index is 0.945. The molecule has 2 nitrogen and oxygen atoms in total. The van der Waals surface area contributed by atoms with Crippen molar-refractivity contribution >= 4 is 0 Å². The molecule has 0 aromatic heterocycles. The smallest absolute Gasteiger partial charge is 0.0206 e. The van der Waals surface area contributed by atoms with Gasteiger partial charge in [0.25, 0.3) is 0 Å². The van der Waals surface area contributed by atoms with Crippen LogP contribution in [0.3, 0.4) is 0 Å². The number of allylic oxidation sites excluding steroid dienone is 3. The fraction of sp³-hybridized carbons (Fsp3) is 0.500. The van der Waals surface area contributed by atoms with Crippen LogP contribution in [0.15, 0.2) is 47.6 Å². The van der Waals surface area contributed by atoms with Gasteiger partial charge in [0.2, 0.25) is 0 Å². The van der Waals surface area contributed by atoms with E-state index in [1.807, 2.05) is 0 Å². The van der Waals surface area contributed by atoms with Gasteiger partial charge in [-0.25, -0.2) is 0 Å². The summed E-state index contributed by atoms with van der Waals surface area (Å²) in [7, 11) is 0. The van der Waals surface area contributed by atoms with Gasteiger partial charge in [-0.05, 0) is 46.1 Å². The topological polar surface area (TPSA) is 24.1 Å². The molecule has 122 valence electrons. The normalized spacial score (nSPS) is 11.5. The first-order chi connectivity index (χ1) is 10.6. The maximum absolute atomic E-state index is 3.47. The fourth-order valence-electron chi connectivity index (χ4n) is 2.27. The molecule has 1 aromatic rings. The Hall–Kier alpha value is -1.38. The van der Waals surface area contributed by atoms with E-state index in [2.05, 4.69) is 74.7 Å². The van der Waals surface area contributed by atoms with Crippen LogP contribution in [0, 0.1) is 6.92 Å². The van der Waals surface area contributed by atoms with Crippen LogP contribution in [-0.4, -0.2) is 19.6 Å². The Morgan fingerprint density at radius 2 is 1.82 bits per heavy atom. The lowest BCUT2D eigenvalue weighted by Crippen LogP contribution is -2.27. The number of hydrogen-bond donors (Lipinski definition) is 2. The zero-order valence-corrected chi connectivity index (χ0v) is 14.7. The Bertz CT molecular complexity index is 482. The first-order valence-corrected chi connectivity index (χ1v) is 8.34. The van der Waals surface area contributed by atoms with Gasteiger partial charge in [0.05, 0.1) is 0 Å². The monoisotopic (exact) mass is 300 g/mol. The molecule has 0 aliphatic rings. The lowest BCUT2D eigenvalue weighted by molar-refractivity contribution is 0.634. The van der Waals surface area contributed by atoms with Crippen LogP contribution >= 0.6 is 0 Å². The van der Waals surface area contributed by atoms with Gasteiger partial charge in [0.1, 0.15) is 0 Å². The van der Waals surface area contributed by atoms with Gasteiger partial charge in [0, 0.05) is 26.2 Å². The Kier molecular flexibility index (Phi) is 9.52. The van der Waals surface area contributed by atoms with Crippen molar-refractivity contribution in [3.8, 4) is 0 Å². The van der Waals surface area contributed by atoms with Gasteiger partial charge in [-0.2, -0.15) is 0 Å². The van der Waals surface area contributed by atoms with Crippen LogP contribution in [-0.2, 0) is 6.54 Å². The van der Waals surface area contributed by atoms with Crippen LogP contribution in [0.25, 0.3) is 0 Å². The molecule has 0 radical (unpaired) electrons. The first-order valence-electron chi connectivity index (χ1n) is 8.34. The van der Waals surface area contributed by atoms with E-state index >= 15 is 0 Å². The van der Waals surface area contributed by atoms with Crippen LogP contribution in [0.5, 0.6) is 0 Å². The number of benzene rings is 1. The third-order valence-corrected chi connectivity index (χ3v) is 3.58. The second-order valence-electron chi connectivity index (χ2n) is 6.24. The predicted molar refractivity (Wildman–Crippen MR) is 98.2 cm³/mol. The average Bonchev–Trinajstić information content (AvgIpc) is 2.46. The highest BCUT2D eigenvalue weighted by molar-refractivity contribution is 5.21. The Morgan fingerprint density at radius 3 is 2.55 bits per heavy atom. The second kappa shape index (κ2) is 11.2. The van der Waals surface area contributed by atoms with E-state index in [0.29, 0.717) is 0 Å². The number of rotatable bonds is 10. The molecular weight excluding hydrogens is 268 g/mol. The van der Waals surface area contributed by atoms with E-state index in [1.165, 1.54) is 28.7 Å².